The summed E-state index contributed by atoms with van der Waals surface area (Å²) in [6.07, 6.45) is 7.51. The fourth-order valence-corrected chi connectivity index (χ4v) is 6.20. The van der Waals surface area contributed by atoms with Gasteiger partial charge in [-0.25, -0.2) is 9.98 Å². The van der Waals surface area contributed by atoms with Crippen LogP contribution < -0.4 is 10.6 Å². The Balaban J connectivity index is 1.09. The lowest BCUT2D eigenvalue weighted by Crippen LogP contribution is -2.29. The van der Waals surface area contributed by atoms with Crippen molar-refractivity contribution in [2.24, 2.45) is 4.99 Å². The van der Waals surface area contributed by atoms with Crippen LogP contribution >= 0.6 is 11.6 Å². The smallest absolute Gasteiger partial charge is 0.133 e. The lowest BCUT2D eigenvalue weighted by Gasteiger charge is -2.11. The molecular weight excluding hydrogens is 478 g/mol. The van der Waals surface area contributed by atoms with E-state index in [-0.39, 0.29) is 0 Å². The molecule has 0 aliphatic carbocycles. The summed E-state index contributed by atoms with van der Waals surface area (Å²) in [4.78, 5) is 12.8. The topological polar surface area (TPSA) is 65.1 Å². The SMILES string of the molecule is ClC1=C(c2ccc(-c3ccc4cc(-c5cnc([C@@H]6CCCN6)[nH]5)ccc4c3)cc2)CC([C@@H]2CCCN2)=N1. The summed E-state index contributed by atoms with van der Waals surface area (Å²) in [5.74, 6) is 1.04. The number of imidazole rings is 1. The molecule has 5 nitrogen and oxygen atoms in total. The van der Waals surface area contributed by atoms with E-state index in [0.717, 1.165) is 60.6 Å². The van der Waals surface area contributed by atoms with Crippen LogP contribution in [0.4, 0.5) is 0 Å². The first-order valence-corrected chi connectivity index (χ1v) is 13.7. The van der Waals surface area contributed by atoms with Crippen molar-refractivity contribution in [1.29, 1.82) is 0 Å². The van der Waals surface area contributed by atoms with Crippen molar-refractivity contribution in [2.75, 3.05) is 13.1 Å². The van der Waals surface area contributed by atoms with Gasteiger partial charge in [0.05, 0.1) is 17.9 Å². The number of H-pyrrole nitrogens is 1. The van der Waals surface area contributed by atoms with Gasteiger partial charge in [0.25, 0.3) is 0 Å². The van der Waals surface area contributed by atoms with E-state index < -0.39 is 0 Å². The molecular formula is C31H30ClN5. The molecule has 4 heterocycles. The van der Waals surface area contributed by atoms with Gasteiger partial charge in [-0.1, -0.05) is 60.1 Å². The summed E-state index contributed by atoms with van der Waals surface area (Å²) in [6, 6.07) is 22.8. The minimum atomic E-state index is 0.350. The fourth-order valence-electron chi connectivity index (χ4n) is 5.91. The van der Waals surface area contributed by atoms with Gasteiger partial charge in [-0.05, 0) is 78.4 Å². The van der Waals surface area contributed by atoms with Gasteiger partial charge in [0.1, 0.15) is 11.0 Å². The number of rotatable bonds is 5. The molecule has 0 saturated carbocycles. The van der Waals surface area contributed by atoms with Crippen LogP contribution in [0.1, 0.15) is 49.5 Å². The first kappa shape index (κ1) is 22.9. The number of aromatic amines is 1. The highest BCUT2D eigenvalue weighted by Gasteiger charge is 2.26. The molecule has 0 unspecified atom stereocenters. The van der Waals surface area contributed by atoms with E-state index in [1.54, 1.807) is 0 Å². The standard InChI is InChI=1S/C31H30ClN5/c32-30-25(17-28(36-30)26-3-1-13-33-26)20-7-5-19(6-8-20)21-9-10-23-16-24(12-11-22(23)15-21)29-18-35-31(37-29)27-4-2-14-34-27/h5-12,15-16,18,26-27,33-34H,1-4,13-14,17H2,(H,35,37)/t26-,27-/m0/s1. The number of hydrogen-bond donors (Lipinski definition) is 3. The summed E-state index contributed by atoms with van der Waals surface area (Å²) >= 11 is 6.55. The Labute approximate surface area is 222 Å². The molecule has 186 valence electrons. The van der Waals surface area contributed by atoms with E-state index >= 15 is 0 Å². The highest BCUT2D eigenvalue weighted by atomic mass is 35.5. The van der Waals surface area contributed by atoms with Crippen molar-refractivity contribution >= 4 is 33.7 Å². The Kier molecular flexibility index (Phi) is 5.92. The van der Waals surface area contributed by atoms with Crippen LogP contribution in [-0.2, 0) is 0 Å². The number of benzene rings is 3. The van der Waals surface area contributed by atoms with Crippen LogP contribution in [0.15, 0.2) is 77.0 Å². The third kappa shape index (κ3) is 4.42. The van der Waals surface area contributed by atoms with Gasteiger partial charge in [0.15, 0.2) is 0 Å². The molecule has 2 fully saturated rings. The van der Waals surface area contributed by atoms with Crippen LogP contribution in [0.25, 0.3) is 38.7 Å². The molecule has 3 aliphatic heterocycles. The summed E-state index contributed by atoms with van der Waals surface area (Å²) in [6.45, 7) is 2.14. The minimum Gasteiger partial charge on any atom is -0.341 e. The predicted molar refractivity (Wildman–Crippen MR) is 153 cm³/mol. The average molecular weight is 508 g/mol. The second-order valence-corrected chi connectivity index (χ2v) is 10.7. The highest BCUT2D eigenvalue weighted by Crippen LogP contribution is 2.35. The molecule has 0 radical (unpaired) electrons. The van der Waals surface area contributed by atoms with E-state index in [1.165, 1.54) is 40.5 Å². The summed E-state index contributed by atoms with van der Waals surface area (Å²) in [5, 5.41) is 10.1. The number of halogens is 1. The largest absolute Gasteiger partial charge is 0.341 e. The Morgan fingerprint density at radius 1 is 0.730 bits per heavy atom. The Morgan fingerprint density at radius 2 is 1.38 bits per heavy atom. The molecule has 2 saturated heterocycles. The number of fused-ring (bicyclic) bond motifs is 1. The normalized spacial score (nSPS) is 21.8. The van der Waals surface area contributed by atoms with E-state index in [9.17, 15) is 0 Å². The maximum Gasteiger partial charge on any atom is 0.133 e. The van der Waals surface area contributed by atoms with Gasteiger partial charge in [0.2, 0.25) is 0 Å². The third-order valence-electron chi connectivity index (χ3n) is 8.02. The van der Waals surface area contributed by atoms with Crippen molar-refractivity contribution in [3.8, 4) is 22.4 Å². The van der Waals surface area contributed by atoms with E-state index in [1.807, 2.05) is 6.20 Å². The first-order chi connectivity index (χ1) is 18.2. The number of hydrogen-bond acceptors (Lipinski definition) is 4. The van der Waals surface area contributed by atoms with E-state index in [2.05, 4.69) is 86.3 Å². The quantitative estimate of drug-likeness (QED) is 0.259. The molecule has 3 aliphatic rings. The third-order valence-corrected chi connectivity index (χ3v) is 8.33. The lowest BCUT2D eigenvalue weighted by molar-refractivity contribution is 0.613. The number of nitrogens with zero attached hydrogens (tertiary/aromatic N) is 2. The Hall–Kier alpha value is -3.25. The molecule has 0 spiro atoms. The van der Waals surface area contributed by atoms with Crippen LogP contribution in [0.3, 0.4) is 0 Å². The molecule has 3 N–H and O–H groups in total. The number of aliphatic imine (C=N–C) groups is 1. The predicted octanol–water partition coefficient (Wildman–Crippen LogP) is 6.83. The number of nitrogens with one attached hydrogen (secondary N) is 3. The van der Waals surface area contributed by atoms with Crippen LogP contribution in [-0.4, -0.2) is 34.8 Å². The molecule has 0 amide bonds. The van der Waals surface area contributed by atoms with Gasteiger partial charge in [0, 0.05) is 29.3 Å². The number of aromatic nitrogens is 2. The Bertz CT molecular complexity index is 1520. The van der Waals surface area contributed by atoms with E-state index in [0.29, 0.717) is 17.2 Å². The van der Waals surface area contributed by atoms with Crippen molar-refractivity contribution in [1.82, 2.24) is 20.6 Å². The van der Waals surface area contributed by atoms with Crippen molar-refractivity contribution in [2.45, 2.75) is 44.2 Å². The maximum absolute atomic E-state index is 6.55. The second kappa shape index (κ2) is 9.56. The molecule has 4 aromatic rings. The molecule has 7 rings (SSSR count). The second-order valence-electron chi connectivity index (χ2n) is 10.4. The molecule has 2 atom stereocenters. The summed E-state index contributed by atoms with van der Waals surface area (Å²) in [7, 11) is 0. The van der Waals surface area contributed by atoms with Crippen LogP contribution in [0.2, 0.25) is 0 Å². The monoisotopic (exact) mass is 507 g/mol. The first-order valence-electron chi connectivity index (χ1n) is 13.3. The molecule has 6 heteroatoms. The van der Waals surface area contributed by atoms with Gasteiger partial charge in [-0.15, -0.1) is 0 Å². The molecule has 37 heavy (non-hydrogen) atoms. The molecule has 0 bridgehead atoms. The van der Waals surface area contributed by atoms with Gasteiger partial charge < -0.3 is 15.6 Å². The molecule has 1 aromatic heterocycles. The Morgan fingerprint density at radius 3 is 2.11 bits per heavy atom. The zero-order chi connectivity index (χ0) is 24.8. The number of allylic oxidation sites excluding steroid dienone is 1. The van der Waals surface area contributed by atoms with Crippen molar-refractivity contribution in [3.05, 3.63) is 83.4 Å². The zero-order valence-electron chi connectivity index (χ0n) is 20.7. The van der Waals surface area contributed by atoms with Crippen LogP contribution in [0, 0.1) is 0 Å². The van der Waals surface area contributed by atoms with Crippen LogP contribution in [0.5, 0.6) is 0 Å². The van der Waals surface area contributed by atoms with Gasteiger partial charge in [-0.2, -0.15) is 0 Å². The lowest BCUT2D eigenvalue weighted by atomic mass is 9.95. The van der Waals surface area contributed by atoms with Gasteiger partial charge in [-0.3, -0.25) is 0 Å². The maximum atomic E-state index is 6.55. The fraction of sp³-hybridized carbons (Fsp3) is 0.290. The molecule has 3 aromatic carbocycles. The highest BCUT2D eigenvalue weighted by molar-refractivity contribution is 6.35. The van der Waals surface area contributed by atoms with E-state index in [4.69, 9.17) is 11.6 Å². The van der Waals surface area contributed by atoms with Crippen molar-refractivity contribution in [3.63, 3.8) is 0 Å². The average Bonchev–Trinajstić information content (AvgIpc) is 3.75. The minimum absolute atomic E-state index is 0.350. The zero-order valence-corrected chi connectivity index (χ0v) is 21.5. The summed E-state index contributed by atoms with van der Waals surface area (Å²) in [5.41, 5.74) is 8.11. The van der Waals surface area contributed by atoms with Crippen molar-refractivity contribution < 1.29 is 0 Å². The van der Waals surface area contributed by atoms with Gasteiger partial charge >= 0.3 is 0 Å². The summed E-state index contributed by atoms with van der Waals surface area (Å²) < 4.78 is 0.